The normalized spacial score (nSPS) is 17.9. The van der Waals surface area contributed by atoms with Crippen molar-refractivity contribution in [3.63, 3.8) is 0 Å². The fourth-order valence-electron chi connectivity index (χ4n) is 2.41. The van der Waals surface area contributed by atoms with Crippen LogP contribution in [0, 0.1) is 11.8 Å². The second kappa shape index (κ2) is 5.54. The van der Waals surface area contributed by atoms with Crippen molar-refractivity contribution >= 4 is 11.6 Å². The van der Waals surface area contributed by atoms with Crippen LogP contribution >= 0.6 is 11.6 Å². The molecule has 106 valence electrons. The first-order valence-electron chi connectivity index (χ1n) is 6.97. The van der Waals surface area contributed by atoms with Crippen LogP contribution in [0.2, 0.25) is 5.02 Å². The number of halogens is 1. The predicted octanol–water partition coefficient (Wildman–Crippen LogP) is 3.01. The topological polar surface area (TPSA) is 50.9 Å². The molecule has 0 bridgehead atoms. The summed E-state index contributed by atoms with van der Waals surface area (Å²) in [5.41, 5.74) is 0.929. The molecule has 0 saturated heterocycles. The molecule has 3 rings (SSSR count). The lowest BCUT2D eigenvalue weighted by atomic mass is 9.99. The Labute approximate surface area is 123 Å². The summed E-state index contributed by atoms with van der Waals surface area (Å²) < 4.78 is 1.72. The molecule has 1 aliphatic carbocycles. The molecule has 0 aliphatic heterocycles. The third-order valence-corrected chi connectivity index (χ3v) is 4.24. The van der Waals surface area contributed by atoms with E-state index in [1.54, 1.807) is 11.0 Å². The second-order valence-corrected chi connectivity index (χ2v) is 6.00. The van der Waals surface area contributed by atoms with Crippen molar-refractivity contribution in [2.24, 2.45) is 11.8 Å². The molecule has 1 aromatic heterocycles. The van der Waals surface area contributed by atoms with E-state index >= 15 is 0 Å². The van der Waals surface area contributed by atoms with Gasteiger partial charge in [0.2, 0.25) is 0 Å². The average Bonchev–Trinajstić information content (AvgIpc) is 3.19. The van der Waals surface area contributed by atoms with E-state index in [4.69, 9.17) is 11.6 Å². The Morgan fingerprint density at radius 3 is 2.70 bits per heavy atom. The minimum Gasteiger partial charge on any atom is -0.391 e. The molecule has 1 aromatic carbocycles. The van der Waals surface area contributed by atoms with Gasteiger partial charge in [-0.25, -0.2) is 9.67 Å². The van der Waals surface area contributed by atoms with E-state index in [-0.39, 0.29) is 6.10 Å². The Kier molecular flexibility index (Phi) is 3.76. The Hall–Kier alpha value is -1.39. The summed E-state index contributed by atoms with van der Waals surface area (Å²) >= 11 is 5.86. The molecule has 0 amide bonds. The zero-order valence-corrected chi connectivity index (χ0v) is 12.2. The summed E-state index contributed by atoms with van der Waals surface area (Å²) in [6.45, 7) is 2.61. The molecular weight excluding hydrogens is 274 g/mol. The van der Waals surface area contributed by atoms with Gasteiger partial charge in [-0.05, 0) is 48.9 Å². The van der Waals surface area contributed by atoms with E-state index in [0.717, 1.165) is 5.56 Å². The van der Waals surface area contributed by atoms with Gasteiger partial charge >= 0.3 is 0 Å². The van der Waals surface area contributed by atoms with Crippen molar-refractivity contribution < 1.29 is 5.11 Å². The number of aromatic nitrogens is 3. The van der Waals surface area contributed by atoms with Crippen molar-refractivity contribution in [3.8, 4) is 11.4 Å². The fourth-order valence-corrected chi connectivity index (χ4v) is 2.53. The van der Waals surface area contributed by atoms with Crippen LogP contribution in [0.15, 0.2) is 30.6 Å². The van der Waals surface area contributed by atoms with Gasteiger partial charge in [-0.15, -0.1) is 0 Å². The molecule has 20 heavy (non-hydrogen) atoms. The summed E-state index contributed by atoms with van der Waals surface area (Å²) in [6, 6.07) is 7.43. The number of rotatable bonds is 5. The highest BCUT2D eigenvalue weighted by Crippen LogP contribution is 2.38. The number of hydrogen-bond acceptors (Lipinski definition) is 3. The molecule has 0 spiro atoms. The third-order valence-electron chi connectivity index (χ3n) is 3.99. The Balaban J connectivity index is 1.68. The maximum absolute atomic E-state index is 10.2. The second-order valence-electron chi connectivity index (χ2n) is 5.56. The third kappa shape index (κ3) is 3.02. The Morgan fingerprint density at radius 2 is 2.05 bits per heavy atom. The van der Waals surface area contributed by atoms with E-state index in [0.29, 0.717) is 29.2 Å². The average molecular weight is 292 g/mol. The van der Waals surface area contributed by atoms with E-state index in [1.807, 2.05) is 24.3 Å². The van der Waals surface area contributed by atoms with E-state index in [1.165, 1.54) is 12.8 Å². The number of nitrogens with zero attached hydrogens (tertiary/aromatic N) is 3. The Morgan fingerprint density at radius 1 is 1.35 bits per heavy atom. The minimum absolute atomic E-state index is 0.332. The van der Waals surface area contributed by atoms with Gasteiger partial charge < -0.3 is 5.11 Å². The number of benzene rings is 1. The van der Waals surface area contributed by atoms with E-state index in [9.17, 15) is 5.11 Å². The smallest absolute Gasteiger partial charge is 0.181 e. The van der Waals surface area contributed by atoms with Crippen molar-refractivity contribution in [3.05, 3.63) is 35.6 Å². The number of aliphatic hydroxyl groups excluding tert-OH is 1. The lowest BCUT2D eigenvalue weighted by Gasteiger charge is -2.17. The van der Waals surface area contributed by atoms with Crippen LogP contribution in [0.3, 0.4) is 0 Å². The fraction of sp³-hybridized carbons (Fsp3) is 0.467. The van der Waals surface area contributed by atoms with Crippen LogP contribution in [-0.2, 0) is 6.54 Å². The zero-order chi connectivity index (χ0) is 14.1. The van der Waals surface area contributed by atoms with Crippen LogP contribution in [0.25, 0.3) is 11.4 Å². The van der Waals surface area contributed by atoms with E-state index in [2.05, 4.69) is 17.0 Å². The maximum Gasteiger partial charge on any atom is 0.181 e. The quantitative estimate of drug-likeness (QED) is 0.921. The summed E-state index contributed by atoms with van der Waals surface area (Å²) in [7, 11) is 0. The highest BCUT2D eigenvalue weighted by atomic mass is 35.5. The standard InChI is InChI=1S/C15H18ClN3O/c1-10(11-2-3-11)14(20)8-19-9-17-15(18-19)12-4-6-13(16)7-5-12/h4-7,9-11,14,20H,2-3,8H2,1H3/t10-,14?/m0/s1. The lowest BCUT2D eigenvalue weighted by molar-refractivity contribution is 0.0843. The van der Waals surface area contributed by atoms with Crippen LogP contribution in [0.4, 0.5) is 0 Å². The molecule has 1 fully saturated rings. The summed E-state index contributed by atoms with van der Waals surface area (Å²) in [5, 5.41) is 15.3. The van der Waals surface area contributed by atoms with Gasteiger partial charge in [-0.2, -0.15) is 5.10 Å². The molecule has 1 heterocycles. The molecule has 2 atom stereocenters. The van der Waals surface area contributed by atoms with Crippen LogP contribution in [0.1, 0.15) is 19.8 Å². The minimum atomic E-state index is -0.359. The highest BCUT2D eigenvalue weighted by molar-refractivity contribution is 6.30. The van der Waals surface area contributed by atoms with Gasteiger partial charge in [0, 0.05) is 10.6 Å². The highest BCUT2D eigenvalue weighted by Gasteiger charge is 2.32. The largest absolute Gasteiger partial charge is 0.391 e. The van der Waals surface area contributed by atoms with Gasteiger partial charge in [0.05, 0.1) is 12.6 Å². The number of hydrogen-bond donors (Lipinski definition) is 1. The van der Waals surface area contributed by atoms with Crippen LogP contribution < -0.4 is 0 Å². The van der Waals surface area contributed by atoms with Crippen molar-refractivity contribution in [1.29, 1.82) is 0 Å². The van der Waals surface area contributed by atoms with Crippen molar-refractivity contribution in [1.82, 2.24) is 14.8 Å². The SMILES string of the molecule is C[C@H](C(O)Cn1cnc(-c2ccc(Cl)cc2)n1)C1CC1. The molecule has 1 N–H and O–H groups in total. The summed E-state index contributed by atoms with van der Waals surface area (Å²) in [5.74, 6) is 1.68. The molecule has 4 nitrogen and oxygen atoms in total. The van der Waals surface area contributed by atoms with Crippen molar-refractivity contribution in [2.45, 2.75) is 32.4 Å². The van der Waals surface area contributed by atoms with Gasteiger partial charge in [-0.1, -0.05) is 18.5 Å². The van der Waals surface area contributed by atoms with Gasteiger partial charge in [0.25, 0.3) is 0 Å². The number of aliphatic hydroxyl groups is 1. The van der Waals surface area contributed by atoms with Gasteiger partial charge in [-0.3, -0.25) is 0 Å². The molecule has 1 saturated carbocycles. The van der Waals surface area contributed by atoms with Crippen LogP contribution in [0.5, 0.6) is 0 Å². The van der Waals surface area contributed by atoms with E-state index < -0.39 is 0 Å². The van der Waals surface area contributed by atoms with Crippen molar-refractivity contribution in [2.75, 3.05) is 0 Å². The molecule has 1 unspecified atom stereocenters. The summed E-state index contributed by atoms with van der Waals surface area (Å²) in [4.78, 5) is 4.29. The lowest BCUT2D eigenvalue weighted by Crippen LogP contribution is -2.25. The first-order valence-corrected chi connectivity index (χ1v) is 7.35. The molecule has 0 radical (unpaired) electrons. The zero-order valence-electron chi connectivity index (χ0n) is 11.4. The van der Waals surface area contributed by atoms with Crippen LogP contribution in [-0.4, -0.2) is 26.0 Å². The summed E-state index contributed by atoms with van der Waals surface area (Å²) in [6.07, 6.45) is 3.80. The van der Waals surface area contributed by atoms with Gasteiger partial charge in [0.15, 0.2) is 5.82 Å². The maximum atomic E-state index is 10.2. The molecule has 1 aliphatic rings. The monoisotopic (exact) mass is 291 g/mol. The van der Waals surface area contributed by atoms with Gasteiger partial charge in [0.1, 0.15) is 6.33 Å². The first kappa shape index (κ1) is 13.6. The molecular formula is C15H18ClN3O. The molecule has 5 heteroatoms. The molecule has 2 aromatic rings. The first-order chi connectivity index (χ1) is 9.63. The predicted molar refractivity (Wildman–Crippen MR) is 78.4 cm³/mol. The Bertz CT molecular complexity index is 577.